The first-order chi connectivity index (χ1) is 19.3. The van der Waals surface area contributed by atoms with Crippen LogP contribution in [0.15, 0.2) is 66.9 Å². The number of likely N-dealkylation sites (tertiary alicyclic amines) is 1. The highest BCUT2D eigenvalue weighted by molar-refractivity contribution is 5.93. The first-order valence-corrected chi connectivity index (χ1v) is 13.9. The van der Waals surface area contributed by atoms with Crippen molar-refractivity contribution < 1.29 is 23.2 Å². The Kier molecular flexibility index (Phi) is 8.83. The van der Waals surface area contributed by atoms with Gasteiger partial charge in [-0.2, -0.15) is 13.2 Å². The molecule has 2 aliphatic rings. The molecule has 0 unspecified atom stereocenters. The first kappa shape index (κ1) is 28.3. The number of hydrogen-bond donors (Lipinski definition) is 3. The molecule has 40 heavy (non-hydrogen) atoms. The second-order valence-corrected chi connectivity index (χ2v) is 10.9. The maximum absolute atomic E-state index is 12.8. The molecule has 1 aliphatic carbocycles. The number of nitrogens with zero attached hydrogens (tertiary/aromatic N) is 2. The molecule has 1 amide bonds. The lowest BCUT2D eigenvalue weighted by molar-refractivity contribution is -0.141. The average Bonchev–Trinajstić information content (AvgIpc) is 3.76. The minimum Gasteiger partial charge on any atom is -0.313 e. The highest BCUT2D eigenvalue weighted by Gasteiger charge is 2.38. The number of aromatic nitrogens is 1. The molecule has 0 radical (unpaired) electrons. The smallest absolute Gasteiger partial charge is 0.313 e. The van der Waals surface area contributed by atoms with E-state index in [0.29, 0.717) is 29.0 Å². The molecule has 2 fully saturated rings. The Balaban J connectivity index is 0.985. The fourth-order valence-electron chi connectivity index (χ4n) is 5.57. The van der Waals surface area contributed by atoms with Gasteiger partial charge in [-0.25, -0.2) is 5.48 Å². The molecule has 1 saturated carbocycles. The van der Waals surface area contributed by atoms with E-state index in [1.807, 2.05) is 24.3 Å². The zero-order valence-electron chi connectivity index (χ0n) is 22.3. The summed E-state index contributed by atoms with van der Waals surface area (Å²) in [7, 11) is 0. The molecule has 3 aromatic rings. The number of nitrogens with one attached hydrogen (secondary N) is 2. The fraction of sp³-hybridized carbons (Fsp3) is 0.419. The molecule has 9 heteroatoms. The second-order valence-electron chi connectivity index (χ2n) is 10.9. The van der Waals surface area contributed by atoms with Crippen LogP contribution in [0.1, 0.15) is 58.8 Å². The average molecular weight is 553 g/mol. The molecule has 2 atom stereocenters. The summed E-state index contributed by atoms with van der Waals surface area (Å²) in [4.78, 5) is 17.5. The Morgan fingerprint density at radius 2 is 1.68 bits per heavy atom. The zero-order chi connectivity index (χ0) is 28.1. The van der Waals surface area contributed by atoms with Crippen LogP contribution in [-0.2, 0) is 12.6 Å². The number of alkyl halides is 3. The summed E-state index contributed by atoms with van der Waals surface area (Å²) in [6.45, 7) is 4.35. The number of carbonyl (C=O) groups is 1. The summed E-state index contributed by atoms with van der Waals surface area (Å²) in [5.41, 5.74) is 5.24. The molecule has 2 heterocycles. The third kappa shape index (κ3) is 7.27. The lowest BCUT2D eigenvalue weighted by Crippen LogP contribution is -2.38. The number of piperidine rings is 1. The van der Waals surface area contributed by atoms with Crippen LogP contribution in [0.4, 0.5) is 13.2 Å². The lowest BCUT2D eigenvalue weighted by atomic mass is 9.96. The van der Waals surface area contributed by atoms with E-state index in [9.17, 15) is 18.0 Å². The van der Waals surface area contributed by atoms with E-state index in [1.54, 1.807) is 17.6 Å². The van der Waals surface area contributed by atoms with E-state index in [2.05, 4.69) is 27.3 Å². The summed E-state index contributed by atoms with van der Waals surface area (Å²) in [6, 6.07) is 18.4. The van der Waals surface area contributed by atoms with Gasteiger partial charge in [0.2, 0.25) is 0 Å². The normalized spacial score (nSPS) is 19.9. The summed E-state index contributed by atoms with van der Waals surface area (Å²) >= 11 is 0. The largest absolute Gasteiger partial charge is 0.433 e. The van der Waals surface area contributed by atoms with Gasteiger partial charge in [-0.05, 0) is 99.1 Å². The fourth-order valence-corrected chi connectivity index (χ4v) is 5.57. The number of pyridine rings is 1. The van der Waals surface area contributed by atoms with Crippen LogP contribution in [0.25, 0.3) is 11.1 Å². The number of hydroxylamine groups is 1. The van der Waals surface area contributed by atoms with E-state index in [0.717, 1.165) is 57.1 Å². The zero-order valence-corrected chi connectivity index (χ0v) is 22.3. The number of benzene rings is 2. The molecule has 1 aromatic heterocycles. The van der Waals surface area contributed by atoms with Gasteiger partial charge in [0.1, 0.15) is 5.69 Å². The van der Waals surface area contributed by atoms with Gasteiger partial charge in [0, 0.05) is 29.3 Å². The van der Waals surface area contributed by atoms with E-state index >= 15 is 0 Å². The summed E-state index contributed by atoms with van der Waals surface area (Å²) in [5.74, 6) is 0.691. The van der Waals surface area contributed by atoms with Crippen LogP contribution in [-0.4, -0.2) is 53.2 Å². The van der Waals surface area contributed by atoms with E-state index in [-0.39, 0.29) is 0 Å². The Hall–Kier alpha value is -3.27. The van der Waals surface area contributed by atoms with Crippen molar-refractivity contribution in [1.82, 2.24) is 20.7 Å². The monoisotopic (exact) mass is 552 g/mol. The second kappa shape index (κ2) is 12.5. The van der Waals surface area contributed by atoms with Gasteiger partial charge in [-0.1, -0.05) is 42.5 Å². The standard InChI is InChI=1S/C31H35F3N4O2/c32-31(33,34)29-12-11-26(20-36-29)23-7-9-24(10-8-23)27-18-28(27)35-19-22-13-16-38(17-14-22)15-1-2-21-3-5-25(6-4-21)30(39)37-40/h3-12,20,22,27-28,35,40H,1-2,13-19H2,(H,37,39)/t27-,28+/m1/s1. The summed E-state index contributed by atoms with van der Waals surface area (Å²) < 4.78 is 38.3. The van der Waals surface area contributed by atoms with Crippen LogP contribution in [0, 0.1) is 5.92 Å². The highest BCUT2D eigenvalue weighted by Crippen LogP contribution is 2.41. The van der Waals surface area contributed by atoms with Crippen molar-refractivity contribution in [3.8, 4) is 11.1 Å². The summed E-state index contributed by atoms with van der Waals surface area (Å²) in [5, 5.41) is 12.5. The molecule has 2 aromatic carbocycles. The molecule has 212 valence electrons. The van der Waals surface area contributed by atoms with Gasteiger partial charge >= 0.3 is 6.18 Å². The quantitative estimate of drug-likeness (QED) is 0.223. The van der Waals surface area contributed by atoms with Gasteiger partial charge in [-0.15, -0.1) is 0 Å². The van der Waals surface area contributed by atoms with Crippen molar-refractivity contribution >= 4 is 5.91 Å². The molecular weight excluding hydrogens is 517 g/mol. The molecule has 1 saturated heterocycles. The Labute approximate surface area is 232 Å². The highest BCUT2D eigenvalue weighted by atomic mass is 19.4. The minimum absolute atomic E-state index is 0.451. The van der Waals surface area contributed by atoms with Crippen LogP contribution in [0.5, 0.6) is 0 Å². The van der Waals surface area contributed by atoms with Crippen LogP contribution >= 0.6 is 0 Å². The molecule has 3 N–H and O–H groups in total. The van der Waals surface area contributed by atoms with E-state index in [1.165, 1.54) is 36.2 Å². The van der Waals surface area contributed by atoms with Crippen molar-refractivity contribution in [3.63, 3.8) is 0 Å². The van der Waals surface area contributed by atoms with Crippen molar-refractivity contribution in [2.24, 2.45) is 5.92 Å². The van der Waals surface area contributed by atoms with E-state index < -0.39 is 17.8 Å². The lowest BCUT2D eigenvalue weighted by Gasteiger charge is -2.32. The van der Waals surface area contributed by atoms with Gasteiger partial charge in [0.25, 0.3) is 5.91 Å². The third-order valence-corrected chi connectivity index (χ3v) is 8.15. The van der Waals surface area contributed by atoms with Gasteiger partial charge in [0.15, 0.2) is 0 Å². The van der Waals surface area contributed by atoms with Crippen molar-refractivity contribution in [3.05, 3.63) is 89.2 Å². The number of rotatable bonds is 10. The molecule has 6 nitrogen and oxygen atoms in total. The van der Waals surface area contributed by atoms with Gasteiger partial charge in [-0.3, -0.25) is 15.0 Å². The Bertz CT molecular complexity index is 1260. The van der Waals surface area contributed by atoms with Crippen molar-refractivity contribution in [1.29, 1.82) is 0 Å². The Morgan fingerprint density at radius 3 is 2.30 bits per heavy atom. The summed E-state index contributed by atoms with van der Waals surface area (Å²) in [6.07, 6.45) is 2.42. The van der Waals surface area contributed by atoms with Crippen LogP contribution in [0.3, 0.4) is 0 Å². The molecule has 5 rings (SSSR count). The van der Waals surface area contributed by atoms with Gasteiger partial charge in [0.05, 0.1) is 0 Å². The molecule has 0 bridgehead atoms. The molecular formula is C31H35F3N4O2. The number of aryl methyl sites for hydroxylation is 1. The molecule has 0 spiro atoms. The Morgan fingerprint density at radius 1 is 0.975 bits per heavy atom. The van der Waals surface area contributed by atoms with Crippen molar-refractivity contribution in [2.75, 3.05) is 26.2 Å². The maximum atomic E-state index is 12.8. The number of amides is 1. The van der Waals surface area contributed by atoms with Crippen LogP contribution in [0.2, 0.25) is 0 Å². The van der Waals surface area contributed by atoms with Crippen molar-refractivity contribution in [2.45, 2.75) is 50.2 Å². The number of halogens is 3. The third-order valence-electron chi connectivity index (χ3n) is 8.15. The van der Waals surface area contributed by atoms with E-state index in [4.69, 9.17) is 5.21 Å². The van der Waals surface area contributed by atoms with Gasteiger partial charge < -0.3 is 10.2 Å². The number of carbonyl (C=O) groups excluding carboxylic acids is 1. The molecule has 1 aliphatic heterocycles. The topological polar surface area (TPSA) is 77.5 Å². The number of hydrogen-bond acceptors (Lipinski definition) is 5. The van der Waals surface area contributed by atoms with Crippen LogP contribution < -0.4 is 10.8 Å². The predicted octanol–water partition coefficient (Wildman–Crippen LogP) is 5.68. The maximum Gasteiger partial charge on any atom is 0.433 e. The first-order valence-electron chi connectivity index (χ1n) is 13.9. The predicted molar refractivity (Wildman–Crippen MR) is 147 cm³/mol. The SMILES string of the molecule is O=C(NO)c1ccc(CCCN2CCC(CN[C@H]3C[C@@H]3c3ccc(-c4ccc(C(F)(F)F)nc4)cc3)CC2)cc1. The minimum atomic E-state index is -4.42.